The highest BCUT2D eigenvalue weighted by molar-refractivity contribution is 6.30. The zero-order valence-corrected chi connectivity index (χ0v) is 14.8. The molecule has 1 heterocycles. The van der Waals surface area contributed by atoms with Crippen molar-refractivity contribution in [3.63, 3.8) is 0 Å². The van der Waals surface area contributed by atoms with Gasteiger partial charge in [0.15, 0.2) is 0 Å². The Morgan fingerprint density at radius 1 is 1.04 bits per heavy atom. The van der Waals surface area contributed by atoms with Gasteiger partial charge >= 0.3 is 5.97 Å². The van der Waals surface area contributed by atoms with Crippen molar-refractivity contribution >= 4 is 28.5 Å². The van der Waals surface area contributed by atoms with Gasteiger partial charge in [0.1, 0.15) is 17.2 Å². The molecule has 0 fully saturated rings. The number of rotatable bonds is 4. The van der Waals surface area contributed by atoms with Gasteiger partial charge in [-0.05, 0) is 53.1 Å². The van der Waals surface area contributed by atoms with Crippen LogP contribution in [0.15, 0.2) is 71.1 Å². The lowest BCUT2D eigenvalue weighted by Gasteiger charge is -2.04. The first-order valence-electron chi connectivity index (χ1n) is 8.30. The van der Waals surface area contributed by atoms with Crippen LogP contribution in [0.4, 0.5) is 4.39 Å². The average molecular weight is 381 g/mol. The van der Waals surface area contributed by atoms with E-state index in [2.05, 4.69) is 0 Å². The van der Waals surface area contributed by atoms with Gasteiger partial charge in [-0.1, -0.05) is 41.9 Å². The van der Waals surface area contributed by atoms with Crippen LogP contribution in [-0.4, -0.2) is 11.1 Å². The second-order valence-electron chi connectivity index (χ2n) is 6.24. The molecule has 0 aliphatic rings. The van der Waals surface area contributed by atoms with Crippen molar-refractivity contribution in [2.24, 2.45) is 0 Å². The third kappa shape index (κ3) is 3.44. The topological polar surface area (TPSA) is 50.4 Å². The second-order valence-corrected chi connectivity index (χ2v) is 6.65. The zero-order chi connectivity index (χ0) is 19.0. The molecular weight excluding hydrogens is 367 g/mol. The minimum Gasteiger partial charge on any atom is -0.478 e. The average Bonchev–Trinajstić information content (AvgIpc) is 3.07. The number of hydrogen-bond acceptors (Lipinski definition) is 2. The summed E-state index contributed by atoms with van der Waals surface area (Å²) in [4.78, 5) is 11.3. The number of carbonyl (C=O) groups is 1. The molecule has 0 spiro atoms. The van der Waals surface area contributed by atoms with E-state index in [1.807, 2.05) is 30.3 Å². The van der Waals surface area contributed by atoms with E-state index >= 15 is 0 Å². The van der Waals surface area contributed by atoms with Crippen molar-refractivity contribution in [3.8, 4) is 11.1 Å². The van der Waals surface area contributed by atoms with E-state index in [9.17, 15) is 14.3 Å². The first-order chi connectivity index (χ1) is 13.0. The summed E-state index contributed by atoms with van der Waals surface area (Å²) in [6, 6.07) is 19.0. The summed E-state index contributed by atoms with van der Waals surface area (Å²) in [5.74, 6) is -0.703. The first-order valence-corrected chi connectivity index (χ1v) is 8.68. The van der Waals surface area contributed by atoms with Crippen LogP contribution in [0.3, 0.4) is 0 Å². The van der Waals surface area contributed by atoms with Gasteiger partial charge < -0.3 is 9.52 Å². The number of furan rings is 1. The van der Waals surface area contributed by atoms with Gasteiger partial charge in [0.2, 0.25) is 0 Å². The summed E-state index contributed by atoms with van der Waals surface area (Å²) < 4.78 is 19.3. The molecule has 134 valence electrons. The molecule has 3 aromatic carbocycles. The molecule has 4 rings (SSSR count). The van der Waals surface area contributed by atoms with Gasteiger partial charge in [-0.3, -0.25) is 0 Å². The molecule has 0 unspecified atom stereocenters. The summed E-state index contributed by atoms with van der Waals surface area (Å²) in [5, 5.41) is 10.2. The summed E-state index contributed by atoms with van der Waals surface area (Å²) in [7, 11) is 0. The predicted octanol–water partition coefficient (Wildman–Crippen LogP) is 6.18. The summed E-state index contributed by atoms with van der Waals surface area (Å²) in [6.07, 6.45) is 0.475. The predicted molar refractivity (Wildman–Crippen MR) is 103 cm³/mol. The molecule has 0 amide bonds. The Balaban J connectivity index is 1.75. The Kier molecular flexibility index (Phi) is 4.42. The summed E-state index contributed by atoms with van der Waals surface area (Å²) in [5.41, 5.74) is 3.47. The van der Waals surface area contributed by atoms with E-state index in [0.29, 0.717) is 12.0 Å². The van der Waals surface area contributed by atoms with Gasteiger partial charge in [0, 0.05) is 11.8 Å². The summed E-state index contributed by atoms with van der Waals surface area (Å²) in [6.45, 7) is 0. The number of benzene rings is 3. The molecule has 0 aliphatic carbocycles. The van der Waals surface area contributed by atoms with Gasteiger partial charge in [-0.25, -0.2) is 9.18 Å². The van der Waals surface area contributed by atoms with E-state index in [4.69, 9.17) is 16.0 Å². The van der Waals surface area contributed by atoms with Crippen molar-refractivity contribution in [1.82, 2.24) is 0 Å². The Bertz CT molecular complexity index is 1160. The van der Waals surface area contributed by atoms with Gasteiger partial charge in [0.25, 0.3) is 0 Å². The van der Waals surface area contributed by atoms with E-state index in [-0.39, 0.29) is 10.6 Å². The third-order valence-electron chi connectivity index (χ3n) is 4.40. The lowest BCUT2D eigenvalue weighted by atomic mass is 9.99. The fourth-order valence-corrected chi connectivity index (χ4v) is 3.33. The second kappa shape index (κ2) is 6.89. The van der Waals surface area contributed by atoms with Crippen LogP contribution in [0.25, 0.3) is 22.1 Å². The SMILES string of the molecule is O=C(O)c1cccc(-c2cccc3oc(Cc4ccc(F)c(Cl)c4)cc23)c1. The molecule has 0 saturated heterocycles. The molecule has 5 heteroatoms. The molecule has 0 aliphatic heterocycles. The van der Waals surface area contributed by atoms with E-state index in [0.717, 1.165) is 27.8 Å². The molecule has 0 bridgehead atoms. The molecule has 3 nitrogen and oxygen atoms in total. The fourth-order valence-electron chi connectivity index (χ4n) is 3.12. The van der Waals surface area contributed by atoms with Crippen molar-refractivity contribution in [2.45, 2.75) is 6.42 Å². The Labute approximate surface area is 159 Å². The van der Waals surface area contributed by atoms with Gasteiger partial charge in [0.05, 0.1) is 10.6 Å². The van der Waals surface area contributed by atoms with Crippen molar-refractivity contribution in [1.29, 1.82) is 0 Å². The van der Waals surface area contributed by atoms with Crippen LogP contribution in [-0.2, 0) is 6.42 Å². The van der Waals surface area contributed by atoms with Crippen molar-refractivity contribution in [2.75, 3.05) is 0 Å². The van der Waals surface area contributed by atoms with E-state index < -0.39 is 11.8 Å². The van der Waals surface area contributed by atoms with Crippen LogP contribution < -0.4 is 0 Å². The maximum absolute atomic E-state index is 13.3. The zero-order valence-electron chi connectivity index (χ0n) is 14.1. The Morgan fingerprint density at radius 2 is 1.85 bits per heavy atom. The van der Waals surface area contributed by atoms with Crippen LogP contribution in [0, 0.1) is 5.82 Å². The Morgan fingerprint density at radius 3 is 2.63 bits per heavy atom. The minimum absolute atomic E-state index is 0.0785. The van der Waals surface area contributed by atoms with Crippen LogP contribution in [0.1, 0.15) is 21.7 Å². The number of fused-ring (bicyclic) bond motifs is 1. The van der Waals surface area contributed by atoms with Crippen LogP contribution in [0.5, 0.6) is 0 Å². The molecule has 27 heavy (non-hydrogen) atoms. The smallest absolute Gasteiger partial charge is 0.335 e. The van der Waals surface area contributed by atoms with Crippen molar-refractivity contribution < 1.29 is 18.7 Å². The number of carboxylic acids is 1. The highest BCUT2D eigenvalue weighted by atomic mass is 35.5. The number of halogens is 2. The molecule has 1 aromatic heterocycles. The third-order valence-corrected chi connectivity index (χ3v) is 4.69. The normalized spacial score (nSPS) is 11.0. The molecule has 0 radical (unpaired) electrons. The maximum atomic E-state index is 13.3. The molecule has 1 N–H and O–H groups in total. The largest absolute Gasteiger partial charge is 0.478 e. The lowest BCUT2D eigenvalue weighted by Crippen LogP contribution is -1.95. The standard InChI is InChI=1S/C22H14ClFO3/c23-19-10-13(7-8-20(19)24)9-16-12-18-17(5-2-6-21(18)27-16)14-3-1-4-15(11-14)22(25)26/h1-8,10-12H,9H2,(H,25,26). The van der Waals surface area contributed by atoms with Gasteiger partial charge in [-0.15, -0.1) is 0 Å². The lowest BCUT2D eigenvalue weighted by molar-refractivity contribution is 0.0697. The molecule has 0 saturated carbocycles. The van der Waals surface area contributed by atoms with E-state index in [1.165, 1.54) is 6.07 Å². The molecule has 0 atom stereocenters. The number of carboxylic acid groups (broad SMARTS) is 1. The van der Waals surface area contributed by atoms with Crippen molar-refractivity contribution in [3.05, 3.63) is 94.5 Å². The molecule has 4 aromatic rings. The monoisotopic (exact) mass is 380 g/mol. The summed E-state index contributed by atoms with van der Waals surface area (Å²) >= 11 is 5.85. The van der Waals surface area contributed by atoms with Crippen LogP contribution >= 0.6 is 11.6 Å². The maximum Gasteiger partial charge on any atom is 0.335 e. The highest BCUT2D eigenvalue weighted by Gasteiger charge is 2.12. The first kappa shape index (κ1) is 17.3. The minimum atomic E-state index is -0.968. The van der Waals surface area contributed by atoms with E-state index in [1.54, 1.807) is 30.3 Å². The number of aromatic carboxylic acids is 1. The number of hydrogen-bond donors (Lipinski definition) is 1. The highest BCUT2D eigenvalue weighted by Crippen LogP contribution is 2.32. The van der Waals surface area contributed by atoms with Gasteiger partial charge in [-0.2, -0.15) is 0 Å². The quantitative estimate of drug-likeness (QED) is 0.459. The van der Waals surface area contributed by atoms with Crippen LogP contribution in [0.2, 0.25) is 5.02 Å². The Hall–Kier alpha value is -3.11. The fraction of sp³-hybridized carbons (Fsp3) is 0.0455. The molecular formula is C22H14ClFO3.